The lowest BCUT2D eigenvalue weighted by atomic mass is 9.73. The Kier molecular flexibility index (Phi) is 7.93. The number of ketones is 1. The molecule has 2 fully saturated rings. The van der Waals surface area contributed by atoms with E-state index < -0.39 is 47.6 Å². The van der Waals surface area contributed by atoms with Gasteiger partial charge in [-0.25, -0.2) is 0 Å². The zero-order valence-electron chi connectivity index (χ0n) is 19.9. The molecule has 2 saturated heterocycles. The number of likely N-dealkylation sites (N-methyl/N-ethyl adjacent to an activating group) is 1. The summed E-state index contributed by atoms with van der Waals surface area (Å²) in [7, 11) is 3.18. The second-order valence-corrected chi connectivity index (χ2v) is 10.3. The number of aliphatic hydroxyl groups excluding tert-OH is 2. The summed E-state index contributed by atoms with van der Waals surface area (Å²) in [5, 5.41) is 21.4. The number of carbonyl (C=O) groups is 3. The van der Waals surface area contributed by atoms with Crippen LogP contribution in [0.4, 0.5) is 0 Å². The van der Waals surface area contributed by atoms with Gasteiger partial charge in [0.2, 0.25) is 0 Å². The molecule has 0 aliphatic carbocycles. The van der Waals surface area contributed by atoms with Gasteiger partial charge in [0.05, 0.1) is 35.7 Å². The van der Waals surface area contributed by atoms with Crippen molar-refractivity contribution in [3.63, 3.8) is 0 Å². The molecule has 1 amide bonds. The van der Waals surface area contributed by atoms with Crippen molar-refractivity contribution in [1.82, 2.24) is 4.90 Å². The first-order chi connectivity index (χ1) is 14.2. The number of cyclic esters (lactones) is 1. The Morgan fingerprint density at radius 2 is 1.74 bits per heavy atom. The highest BCUT2D eigenvalue weighted by Gasteiger charge is 2.53. The van der Waals surface area contributed by atoms with Crippen LogP contribution < -0.4 is 0 Å². The SMILES string of the molecule is CC1CCCC2(C)OC2CC(C(=O)N(C)C)OC(=O)CC(O)C(C)(C)C(=O)C(C)C1O. The van der Waals surface area contributed by atoms with Gasteiger partial charge in [-0.3, -0.25) is 14.4 Å². The summed E-state index contributed by atoms with van der Waals surface area (Å²) in [5.74, 6) is -2.19. The number of Topliss-reactive ketones (excluding diaryl/α,β-unsaturated/α-hetero) is 1. The van der Waals surface area contributed by atoms with E-state index in [2.05, 4.69) is 0 Å². The van der Waals surface area contributed by atoms with Crippen molar-refractivity contribution in [2.75, 3.05) is 14.1 Å². The van der Waals surface area contributed by atoms with E-state index in [-0.39, 0.29) is 30.1 Å². The third-order valence-corrected chi connectivity index (χ3v) is 7.12. The monoisotopic (exact) mass is 441 g/mol. The Bertz CT molecular complexity index is 691. The standard InChI is InChI=1S/C23H39NO7/c1-13-9-8-10-23(5)17(31-23)11-15(21(29)24(6)7)30-18(26)12-16(25)22(3,4)20(28)14(2)19(13)27/h13-17,19,25,27H,8-12H2,1-7H3. The lowest BCUT2D eigenvalue weighted by Gasteiger charge is -2.34. The summed E-state index contributed by atoms with van der Waals surface area (Å²) in [6, 6.07) is 0. The van der Waals surface area contributed by atoms with Gasteiger partial charge in [-0.05, 0) is 25.7 Å². The zero-order chi connectivity index (χ0) is 23.7. The van der Waals surface area contributed by atoms with E-state index in [4.69, 9.17) is 9.47 Å². The van der Waals surface area contributed by atoms with Crippen molar-refractivity contribution in [3.05, 3.63) is 0 Å². The van der Waals surface area contributed by atoms with Gasteiger partial charge in [0, 0.05) is 26.4 Å². The normalized spacial score (nSPS) is 39.9. The first kappa shape index (κ1) is 25.7. The Balaban J connectivity index is 2.27. The molecule has 31 heavy (non-hydrogen) atoms. The van der Waals surface area contributed by atoms with Crippen LogP contribution in [0.1, 0.15) is 66.7 Å². The number of esters is 1. The van der Waals surface area contributed by atoms with Crippen molar-refractivity contribution >= 4 is 17.7 Å². The maximum atomic E-state index is 13.1. The van der Waals surface area contributed by atoms with Crippen molar-refractivity contribution in [1.29, 1.82) is 0 Å². The highest BCUT2D eigenvalue weighted by atomic mass is 16.6. The van der Waals surface area contributed by atoms with Crippen LogP contribution >= 0.6 is 0 Å². The van der Waals surface area contributed by atoms with Crippen LogP contribution in [0.25, 0.3) is 0 Å². The van der Waals surface area contributed by atoms with Crippen LogP contribution in [0.3, 0.4) is 0 Å². The molecule has 2 aliphatic rings. The molecule has 0 aromatic rings. The molecular formula is C23H39NO7. The van der Waals surface area contributed by atoms with Gasteiger partial charge in [-0.1, -0.05) is 34.1 Å². The van der Waals surface area contributed by atoms with Gasteiger partial charge in [0.25, 0.3) is 5.91 Å². The molecule has 8 heteroatoms. The third-order valence-electron chi connectivity index (χ3n) is 7.12. The van der Waals surface area contributed by atoms with Crippen LogP contribution in [0.2, 0.25) is 0 Å². The summed E-state index contributed by atoms with van der Waals surface area (Å²) in [4.78, 5) is 39.6. The number of hydrogen-bond donors (Lipinski definition) is 2. The van der Waals surface area contributed by atoms with Crippen LogP contribution in [0.5, 0.6) is 0 Å². The molecule has 2 heterocycles. The minimum atomic E-state index is -1.30. The summed E-state index contributed by atoms with van der Waals surface area (Å²) in [5.41, 5.74) is -1.66. The number of hydrogen-bond acceptors (Lipinski definition) is 7. The predicted molar refractivity (Wildman–Crippen MR) is 114 cm³/mol. The second-order valence-electron chi connectivity index (χ2n) is 10.3. The van der Waals surface area contributed by atoms with E-state index in [1.807, 2.05) is 13.8 Å². The molecule has 0 aromatic carbocycles. The molecule has 2 aliphatic heterocycles. The Hall–Kier alpha value is -1.51. The van der Waals surface area contributed by atoms with E-state index >= 15 is 0 Å². The van der Waals surface area contributed by atoms with Gasteiger partial charge in [-0.2, -0.15) is 0 Å². The van der Waals surface area contributed by atoms with Crippen LogP contribution in [-0.4, -0.2) is 76.9 Å². The summed E-state index contributed by atoms with van der Waals surface area (Å²) in [6.45, 7) is 8.68. The van der Waals surface area contributed by atoms with Crippen LogP contribution in [-0.2, 0) is 23.9 Å². The number of carbonyl (C=O) groups excluding carboxylic acids is 3. The number of fused-ring (bicyclic) bond motifs is 1. The summed E-state index contributed by atoms with van der Waals surface area (Å²) >= 11 is 0. The average Bonchev–Trinajstić information content (AvgIpc) is 3.32. The van der Waals surface area contributed by atoms with Crippen molar-refractivity contribution in [3.8, 4) is 0 Å². The lowest BCUT2D eigenvalue weighted by molar-refractivity contribution is -0.163. The quantitative estimate of drug-likeness (QED) is 0.470. The van der Waals surface area contributed by atoms with Gasteiger partial charge in [0.15, 0.2) is 6.10 Å². The Morgan fingerprint density at radius 1 is 1.13 bits per heavy atom. The Labute approximate surface area is 185 Å². The minimum absolute atomic E-state index is 0.103. The molecule has 0 spiro atoms. The van der Waals surface area contributed by atoms with E-state index in [0.29, 0.717) is 0 Å². The van der Waals surface area contributed by atoms with Gasteiger partial charge in [-0.15, -0.1) is 0 Å². The number of nitrogens with zero attached hydrogens (tertiary/aromatic N) is 1. The summed E-state index contributed by atoms with van der Waals surface area (Å²) < 4.78 is 11.3. The largest absolute Gasteiger partial charge is 0.452 e. The van der Waals surface area contributed by atoms with Gasteiger partial charge in [0.1, 0.15) is 5.78 Å². The molecule has 7 atom stereocenters. The van der Waals surface area contributed by atoms with Crippen LogP contribution in [0, 0.1) is 17.3 Å². The Morgan fingerprint density at radius 3 is 2.32 bits per heavy atom. The fourth-order valence-corrected chi connectivity index (χ4v) is 4.45. The fraction of sp³-hybridized carbons (Fsp3) is 0.870. The number of aliphatic hydroxyl groups is 2. The highest BCUT2D eigenvalue weighted by Crippen LogP contribution is 2.44. The van der Waals surface area contributed by atoms with Crippen LogP contribution in [0.15, 0.2) is 0 Å². The highest BCUT2D eigenvalue weighted by molar-refractivity contribution is 5.88. The topological polar surface area (TPSA) is 117 Å². The summed E-state index contributed by atoms with van der Waals surface area (Å²) in [6.07, 6.45) is -1.26. The van der Waals surface area contributed by atoms with E-state index in [9.17, 15) is 24.6 Å². The number of ether oxygens (including phenoxy) is 2. The molecule has 7 unspecified atom stereocenters. The first-order valence-corrected chi connectivity index (χ1v) is 11.2. The fourth-order valence-electron chi connectivity index (χ4n) is 4.45. The maximum absolute atomic E-state index is 13.1. The van der Waals surface area contributed by atoms with Crippen molar-refractivity contribution in [2.45, 2.75) is 96.7 Å². The molecule has 0 aromatic heterocycles. The smallest absolute Gasteiger partial charge is 0.309 e. The molecule has 2 N–H and O–H groups in total. The van der Waals surface area contributed by atoms with Gasteiger partial charge >= 0.3 is 5.97 Å². The predicted octanol–water partition coefficient (Wildman–Crippen LogP) is 1.70. The molecule has 0 bridgehead atoms. The second kappa shape index (κ2) is 9.55. The maximum Gasteiger partial charge on any atom is 0.309 e. The average molecular weight is 442 g/mol. The lowest BCUT2D eigenvalue weighted by Crippen LogP contribution is -2.46. The minimum Gasteiger partial charge on any atom is -0.452 e. The number of epoxide rings is 1. The number of rotatable bonds is 1. The first-order valence-electron chi connectivity index (χ1n) is 11.2. The number of amides is 1. The van der Waals surface area contributed by atoms with Crippen molar-refractivity contribution in [2.24, 2.45) is 17.3 Å². The molecule has 0 radical (unpaired) electrons. The van der Waals surface area contributed by atoms with Crippen molar-refractivity contribution < 1.29 is 34.1 Å². The van der Waals surface area contributed by atoms with E-state index in [1.54, 1.807) is 34.9 Å². The molecule has 178 valence electrons. The molecule has 2 rings (SSSR count). The van der Waals surface area contributed by atoms with E-state index in [1.165, 1.54) is 4.90 Å². The third kappa shape index (κ3) is 5.84. The van der Waals surface area contributed by atoms with Gasteiger partial charge < -0.3 is 24.6 Å². The zero-order valence-corrected chi connectivity index (χ0v) is 19.9. The van der Waals surface area contributed by atoms with E-state index in [0.717, 1.165) is 19.3 Å². The molecule has 8 nitrogen and oxygen atoms in total. The molecule has 0 saturated carbocycles. The molecular weight excluding hydrogens is 402 g/mol.